The molecule has 2 aliphatic heterocycles. The third-order valence-electron chi connectivity index (χ3n) is 7.12. The van der Waals surface area contributed by atoms with E-state index in [0.717, 1.165) is 66.6 Å². The standard InChI is InChI=1S/C27H32N4O3S/c1-20-8-3-4-10-24(20)29-27(32)22-9-7-15-30(19-22)26-14-11-21-18-23(12-13-25(21)28-26)35(33,34)31-16-5-2-6-17-31/h3-4,8,10-14,18,22H,2,5-7,9,15-17,19H2,1H3,(H,29,32)/t22-/m0/s1. The van der Waals surface area contributed by atoms with E-state index in [1.165, 1.54) is 0 Å². The van der Waals surface area contributed by atoms with Crippen LogP contribution < -0.4 is 10.2 Å². The summed E-state index contributed by atoms with van der Waals surface area (Å²) in [5.74, 6) is 0.743. The fraction of sp³-hybridized carbons (Fsp3) is 0.407. The van der Waals surface area contributed by atoms with Crippen LogP contribution in [-0.4, -0.2) is 49.8 Å². The van der Waals surface area contributed by atoms with E-state index in [1.54, 1.807) is 22.5 Å². The average molecular weight is 493 g/mol. The van der Waals surface area contributed by atoms with Gasteiger partial charge in [-0.2, -0.15) is 4.31 Å². The Morgan fingerprint density at radius 1 is 0.971 bits per heavy atom. The molecule has 3 heterocycles. The second kappa shape index (κ2) is 9.95. The van der Waals surface area contributed by atoms with Crippen LogP contribution >= 0.6 is 0 Å². The first-order valence-electron chi connectivity index (χ1n) is 12.4. The van der Waals surface area contributed by atoms with Crippen LogP contribution in [0.4, 0.5) is 11.5 Å². The Morgan fingerprint density at radius 2 is 1.77 bits per heavy atom. The van der Waals surface area contributed by atoms with Crippen molar-refractivity contribution in [1.82, 2.24) is 9.29 Å². The average Bonchev–Trinajstić information content (AvgIpc) is 2.90. The summed E-state index contributed by atoms with van der Waals surface area (Å²) in [4.78, 5) is 20.2. The van der Waals surface area contributed by atoms with Crippen LogP contribution in [0.5, 0.6) is 0 Å². The summed E-state index contributed by atoms with van der Waals surface area (Å²) < 4.78 is 27.7. The van der Waals surface area contributed by atoms with Crippen LogP contribution in [0.2, 0.25) is 0 Å². The fourth-order valence-electron chi connectivity index (χ4n) is 5.03. The molecule has 5 rings (SSSR count). The lowest BCUT2D eigenvalue weighted by Crippen LogP contribution is -2.41. The third-order valence-corrected chi connectivity index (χ3v) is 9.01. The number of fused-ring (bicyclic) bond motifs is 1. The molecular weight excluding hydrogens is 460 g/mol. The van der Waals surface area contributed by atoms with Crippen molar-refractivity contribution in [3.63, 3.8) is 0 Å². The zero-order valence-electron chi connectivity index (χ0n) is 20.1. The van der Waals surface area contributed by atoms with Crippen LogP contribution in [0.3, 0.4) is 0 Å². The maximum absolute atomic E-state index is 13.1. The first-order chi connectivity index (χ1) is 16.9. The molecule has 2 aliphatic rings. The van der Waals surface area contributed by atoms with E-state index in [1.807, 2.05) is 43.3 Å². The van der Waals surface area contributed by atoms with Crippen molar-refractivity contribution in [1.29, 1.82) is 0 Å². The number of amides is 1. The number of benzene rings is 2. The van der Waals surface area contributed by atoms with Crippen molar-refractivity contribution >= 4 is 38.3 Å². The number of carbonyl (C=O) groups excluding carboxylic acids is 1. The van der Waals surface area contributed by atoms with E-state index in [4.69, 9.17) is 4.98 Å². The van der Waals surface area contributed by atoms with Gasteiger partial charge < -0.3 is 10.2 Å². The molecule has 35 heavy (non-hydrogen) atoms. The number of aryl methyl sites for hydroxylation is 1. The molecule has 8 heteroatoms. The lowest BCUT2D eigenvalue weighted by molar-refractivity contribution is -0.120. The molecular formula is C27H32N4O3S. The number of carbonyl (C=O) groups is 1. The van der Waals surface area contributed by atoms with Gasteiger partial charge in [0.25, 0.3) is 0 Å². The topological polar surface area (TPSA) is 82.6 Å². The van der Waals surface area contributed by atoms with Gasteiger partial charge in [-0.1, -0.05) is 24.6 Å². The van der Waals surface area contributed by atoms with Gasteiger partial charge in [0.1, 0.15) is 5.82 Å². The molecule has 0 aliphatic carbocycles. The first kappa shape index (κ1) is 23.8. The van der Waals surface area contributed by atoms with Gasteiger partial charge >= 0.3 is 0 Å². The Morgan fingerprint density at radius 3 is 2.57 bits per heavy atom. The van der Waals surface area contributed by atoms with Crippen molar-refractivity contribution in [2.45, 2.75) is 43.9 Å². The van der Waals surface area contributed by atoms with E-state index < -0.39 is 10.0 Å². The van der Waals surface area contributed by atoms with Crippen LogP contribution in [0.15, 0.2) is 59.5 Å². The summed E-state index contributed by atoms with van der Waals surface area (Å²) in [7, 11) is -3.48. The van der Waals surface area contributed by atoms with Crippen molar-refractivity contribution < 1.29 is 13.2 Å². The highest BCUT2D eigenvalue weighted by atomic mass is 32.2. The Hall–Kier alpha value is -2.97. The monoisotopic (exact) mass is 492 g/mol. The summed E-state index contributed by atoms with van der Waals surface area (Å²) in [6, 6.07) is 16.9. The number of para-hydroxylation sites is 1. The molecule has 3 aromatic rings. The summed E-state index contributed by atoms with van der Waals surface area (Å²) in [5, 5.41) is 3.89. The normalized spacial score (nSPS) is 19.6. The Labute approximate surface area is 207 Å². The van der Waals surface area contributed by atoms with Crippen molar-refractivity contribution in [3.05, 3.63) is 60.2 Å². The van der Waals surface area contributed by atoms with Crippen LogP contribution in [0.1, 0.15) is 37.7 Å². The molecule has 0 saturated carbocycles. The number of sulfonamides is 1. The van der Waals surface area contributed by atoms with Crippen molar-refractivity contribution in [2.75, 3.05) is 36.4 Å². The predicted octanol–water partition coefficient (Wildman–Crippen LogP) is 4.57. The molecule has 1 amide bonds. The second-order valence-electron chi connectivity index (χ2n) is 9.58. The maximum Gasteiger partial charge on any atom is 0.243 e. The minimum atomic E-state index is -3.48. The zero-order chi connectivity index (χ0) is 24.4. The first-order valence-corrected chi connectivity index (χ1v) is 13.9. The van der Waals surface area contributed by atoms with Crippen molar-refractivity contribution in [2.24, 2.45) is 5.92 Å². The summed E-state index contributed by atoms with van der Waals surface area (Å²) in [6.45, 7) is 4.62. The van der Waals surface area contributed by atoms with E-state index in [9.17, 15) is 13.2 Å². The fourth-order valence-corrected chi connectivity index (χ4v) is 6.58. The molecule has 0 spiro atoms. The van der Waals surface area contributed by atoms with Gasteiger partial charge in [-0.05, 0) is 74.6 Å². The van der Waals surface area contributed by atoms with Gasteiger partial charge in [0, 0.05) is 37.3 Å². The molecule has 1 aromatic heterocycles. The maximum atomic E-state index is 13.1. The van der Waals surface area contributed by atoms with Crippen LogP contribution in [0.25, 0.3) is 10.9 Å². The van der Waals surface area contributed by atoms with Crippen molar-refractivity contribution in [3.8, 4) is 0 Å². The van der Waals surface area contributed by atoms with E-state index in [-0.39, 0.29) is 11.8 Å². The largest absolute Gasteiger partial charge is 0.356 e. The lowest BCUT2D eigenvalue weighted by Gasteiger charge is -2.33. The Bertz CT molecular complexity index is 1340. The molecule has 2 saturated heterocycles. The molecule has 1 atom stereocenters. The van der Waals surface area contributed by atoms with Gasteiger partial charge in [0.15, 0.2) is 0 Å². The van der Waals surface area contributed by atoms with E-state index >= 15 is 0 Å². The quantitative estimate of drug-likeness (QED) is 0.564. The van der Waals surface area contributed by atoms with Gasteiger partial charge in [-0.25, -0.2) is 13.4 Å². The van der Waals surface area contributed by atoms with E-state index in [0.29, 0.717) is 24.5 Å². The molecule has 2 aromatic carbocycles. The number of anilines is 2. The lowest BCUT2D eigenvalue weighted by atomic mass is 9.96. The van der Waals surface area contributed by atoms with Crippen LogP contribution in [-0.2, 0) is 14.8 Å². The molecule has 184 valence electrons. The molecule has 0 radical (unpaired) electrons. The third kappa shape index (κ3) is 5.04. The summed E-state index contributed by atoms with van der Waals surface area (Å²) in [6.07, 6.45) is 4.68. The number of rotatable bonds is 5. The Kier molecular flexibility index (Phi) is 6.75. The number of hydrogen-bond acceptors (Lipinski definition) is 5. The second-order valence-corrected chi connectivity index (χ2v) is 11.5. The number of nitrogens with zero attached hydrogens (tertiary/aromatic N) is 3. The Balaban J connectivity index is 1.32. The SMILES string of the molecule is Cc1ccccc1NC(=O)[C@H]1CCCN(c2ccc3cc(S(=O)(=O)N4CCCCC4)ccc3n2)C1. The van der Waals surface area contributed by atoms with Crippen LogP contribution in [0, 0.1) is 12.8 Å². The molecule has 0 unspecified atom stereocenters. The summed E-state index contributed by atoms with van der Waals surface area (Å²) in [5.41, 5.74) is 2.66. The van der Waals surface area contributed by atoms with Gasteiger partial charge in [0.2, 0.25) is 15.9 Å². The molecule has 0 bridgehead atoms. The molecule has 2 fully saturated rings. The van der Waals surface area contributed by atoms with E-state index in [2.05, 4.69) is 10.2 Å². The number of pyridine rings is 1. The minimum absolute atomic E-state index is 0.0392. The van der Waals surface area contributed by atoms with Gasteiger partial charge in [-0.15, -0.1) is 0 Å². The summed E-state index contributed by atoms with van der Waals surface area (Å²) >= 11 is 0. The zero-order valence-corrected chi connectivity index (χ0v) is 20.9. The number of aromatic nitrogens is 1. The molecule has 1 N–H and O–H groups in total. The highest BCUT2D eigenvalue weighted by molar-refractivity contribution is 7.89. The van der Waals surface area contributed by atoms with Gasteiger partial charge in [-0.3, -0.25) is 4.79 Å². The molecule has 7 nitrogen and oxygen atoms in total. The smallest absolute Gasteiger partial charge is 0.243 e. The van der Waals surface area contributed by atoms with Gasteiger partial charge in [0.05, 0.1) is 16.3 Å². The number of piperidine rings is 2. The predicted molar refractivity (Wildman–Crippen MR) is 139 cm³/mol. The highest BCUT2D eigenvalue weighted by Gasteiger charge is 2.28. The number of hydrogen-bond donors (Lipinski definition) is 1. The number of nitrogens with one attached hydrogen (secondary N) is 1. The minimum Gasteiger partial charge on any atom is -0.356 e. The highest BCUT2D eigenvalue weighted by Crippen LogP contribution is 2.28.